The topological polar surface area (TPSA) is 64.7 Å². The minimum atomic E-state index is 0.294. The Labute approximate surface area is 111 Å². The molecule has 0 fully saturated rings. The molecule has 3 rings (SSSR count). The van der Waals surface area contributed by atoms with Crippen molar-refractivity contribution in [2.45, 2.75) is 13.8 Å². The van der Waals surface area contributed by atoms with Crippen LogP contribution in [0.5, 0.6) is 0 Å². The lowest BCUT2D eigenvalue weighted by atomic mass is 10.1. The summed E-state index contributed by atoms with van der Waals surface area (Å²) in [4.78, 5) is 12.8. The molecule has 0 spiro atoms. The van der Waals surface area contributed by atoms with Gasteiger partial charge in [-0.25, -0.2) is 9.97 Å². The smallest absolute Gasteiger partial charge is 0.220 e. The second-order valence-corrected chi connectivity index (χ2v) is 4.62. The summed E-state index contributed by atoms with van der Waals surface area (Å²) < 4.78 is 0. The zero-order valence-corrected chi connectivity index (χ0v) is 10.9. The summed E-state index contributed by atoms with van der Waals surface area (Å²) in [5.41, 5.74) is 10.6. The van der Waals surface area contributed by atoms with Gasteiger partial charge in [-0.15, -0.1) is 0 Å². The number of benzene rings is 1. The Balaban J connectivity index is 2.20. The van der Waals surface area contributed by atoms with Crippen molar-refractivity contribution in [2.24, 2.45) is 0 Å². The minimum absolute atomic E-state index is 0.294. The van der Waals surface area contributed by atoms with Crippen molar-refractivity contribution < 1.29 is 0 Å². The molecule has 0 aliphatic rings. The summed E-state index contributed by atoms with van der Waals surface area (Å²) >= 11 is 0. The molecule has 0 amide bonds. The maximum absolute atomic E-state index is 5.66. The highest BCUT2D eigenvalue weighted by Gasteiger charge is 2.06. The lowest BCUT2D eigenvalue weighted by Gasteiger charge is -2.07. The Morgan fingerprint density at radius 2 is 1.84 bits per heavy atom. The van der Waals surface area contributed by atoms with E-state index in [1.165, 1.54) is 0 Å². The van der Waals surface area contributed by atoms with Gasteiger partial charge in [-0.3, -0.25) is 4.98 Å². The summed E-state index contributed by atoms with van der Waals surface area (Å²) in [6, 6.07) is 10.2. The Morgan fingerprint density at radius 1 is 1.00 bits per heavy atom. The van der Waals surface area contributed by atoms with Crippen molar-refractivity contribution in [1.82, 2.24) is 15.0 Å². The predicted molar refractivity (Wildman–Crippen MR) is 76.7 cm³/mol. The normalized spacial score (nSPS) is 10.8. The zero-order valence-electron chi connectivity index (χ0n) is 10.9. The molecule has 0 bridgehead atoms. The van der Waals surface area contributed by atoms with Crippen LogP contribution in [0.1, 0.15) is 11.3 Å². The lowest BCUT2D eigenvalue weighted by Crippen LogP contribution is -1.98. The molecule has 2 heterocycles. The Hall–Kier alpha value is -2.49. The van der Waals surface area contributed by atoms with E-state index < -0.39 is 0 Å². The number of nitrogens with two attached hydrogens (primary N) is 1. The Morgan fingerprint density at radius 3 is 2.68 bits per heavy atom. The van der Waals surface area contributed by atoms with Crippen molar-refractivity contribution in [1.29, 1.82) is 0 Å². The molecule has 4 heteroatoms. The van der Waals surface area contributed by atoms with Gasteiger partial charge in [-0.05, 0) is 37.6 Å². The molecule has 0 aliphatic heterocycles. The van der Waals surface area contributed by atoms with E-state index in [2.05, 4.69) is 27.1 Å². The first-order chi connectivity index (χ1) is 9.13. The summed E-state index contributed by atoms with van der Waals surface area (Å²) in [6.45, 7) is 3.97. The molecule has 0 saturated heterocycles. The second kappa shape index (κ2) is 4.31. The number of pyridine rings is 1. The van der Waals surface area contributed by atoms with E-state index in [1.54, 1.807) is 6.20 Å². The maximum atomic E-state index is 5.66. The molecule has 0 atom stereocenters. The molecule has 4 nitrogen and oxygen atoms in total. The van der Waals surface area contributed by atoms with E-state index in [0.29, 0.717) is 5.95 Å². The number of hydrogen-bond acceptors (Lipinski definition) is 4. The summed E-state index contributed by atoms with van der Waals surface area (Å²) in [5.74, 6) is 0.294. The number of aryl methyl sites for hydroxylation is 2. The summed E-state index contributed by atoms with van der Waals surface area (Å²) in [7, 11) is 0. The largest absolute Gasteiger partial charge is 0.368 e. The third-order valence-electron chi connectivity index (χ3n) is 3.09. The highest BCUT2D eigenvalue weighted by Crippen LogP contribution is 2.25. The van der Waals surface area contributed by atoms with Gasteiger partial charge in [0.25, 0.3) is 0 Å². The van der Waals surface area contributed by atoms with Crippen molar-refractivity contribution in [3.05, 3.63) is 47.8 Å². The SMILES string of the molecule is Cc1ccc2cc(-c3nc(N)ncc3C)ccc2n1. The third-order valence-corrected chi connectivity index (χ3v) is 3.09. The first kappa shape index (κ1) is 11.6. The zero-order chi connectivity index (χ0) is 13.4. The molecule has 0 saturated carbocycles. The van der Waals surface area contributed by atoms with Crippen LogP contribution < -0.4 is 5.73 Å². The molecule has 3 aromatic rings. The number of hydrogen-bond donors (Lipinski definition) is 1. The van der Waals surface area contributed by atoms with E-state index in [9.17, 15) is 0 Å². The van der Waals surface area contributed by atoms with Gasteiger partial charge in [0.2, 0.25) is 5.95 Å². The lowest BCUT2D eigenvalue weighted by molar-refractivity contribution is 1.15. The van der Waals surface area contributed by atoms with E-state index in [-0.39, 0.29) is 0 Å². The average Bonchev–Trinajstić information content (AvgIpc) is 2.41. The first-order valence-electron chi connectivity index (χ1n) is 6.10. The van der Waals surface area contributed by atoms with E-state index >= 15 is 0 Å². The van der Waals surface area contributed by atoms with Crippen molar-refractivity contribution in [3.8, 4) is 11.3 Å². The molecular weight excluding hydrogens is 236 g/mol. The van der Waals surface area contributed by atoms with Crippen LogP contribution in [0.3, 0.4) is 0 Å². The fourth-order valence-corrected chi connectivity index (χ4v) is 2.12. The van der Waals surface area contributed by atoms with Crippen molar-refractivity contribution in [3.63, 3.8) is 0 Å². The molecule has 2 N–H and O–H groups in total. The highest BCUT2D eigenvalue weighted by atomic mass is 15.0. The van der Waals surface area contributed by atoms with Crippen LogP contribution >= 0.6 is 0 Å². The fourth-order valence-electron chi connectivity index (χ4n) is 2.12. The molecule has 0 aliphatic carbocycles. The van der Waals surface area contributed by atoms with Crippen LogP contribution in [0.2, 0.25) is 0 Å². The first-order valence-corrected chi connectivity index (χ1v) is 6.10. The van der Waals surface area contributed by atoms with Gasteiger partial charge in [0.15, 0.2) is 0 Å². The number of nitrogen functional groups attached to an aromatic ring is 1. The second-order valence-electron chi connectivity index (χ2n) is 4.62. The number of rotatable bonds is 1. The molecule has 0 unspecified atom stereocenters. The maximum Gasteiger partial charge on any atom is 0.220 e. The van der Waals surface area contributed by atoms with Gasteiger partial charge >= 0.3 is 0 Å². The summed E-state index contributed by atoms with van der Waals surface area (Å²) in [5, 5.41) is 1.10. The molecular formula is C15H14N4. The van der Waals surface area contributed by atoms with Crippen LogP contribution in [-0.2, 0) is 0 Å². The minimum Gasteiger partial charge on any atom is -0.368 e. The van der Waals surface area contributed by atoms with Crippen molar-refractivity contribution >= 4 is 16.9 Å². The van der Waals surface area contributed by atoms with E-state index in [4.69, 9.17) is 5.73 Å². The molecule has 1 aromatic carbocycles. The number of anilines is 1. The molecule has 94 valence electrons. The average molecular weight is 250 g/mol. The van der Waals surface area contributed by atoms with E-state index in [0.717, 1.165) is 33.4 Å². The van der Waals surface area contributed by atoms with Crippen molar-refractivity contribution in [2.75, 3.05) is 5.73 Å². The highest BCUT2D eigenvalue weighted by molar-refractivity contribution is 5.84. The van der Waals surface area contributed by atoms with Crippen LogP contribution in [-0.4, -0.2) is 15.0 Å². The van der Waals surface area contributed by atoms with Gasteiger partial charge in [0.05, 0.1) is 11.2 Å². The quantitative estimate of drug-likeness (QED) is 0.721. The molecule has 19 heavy (non-hydrogen) atoms. The Bertz CT molecular complexity index is 765. The van der Waals surface area contributed by atoms with Gasteiger partial charge in [0.1, 0.15) is 0 Å². The van der Waals surface area contributed by atoms with Crippen LogP contribution in [0.4, 0.5) is 5.95 Å². The van der Waals surface area contributed by atoms with E-state index in [1.807, 2.05) is 32.0 Å². The number of nitrogens with zero attached hydrogens (tertiary/aromatic N) is 3. The van der Waals surface area contributed by atoms with Gasteiger partial charge in [0, 0.05) is 22.8 Å². The standard InChI is InChI=1S/C15H14N4/c1-9-8-17-15(16)19-14(9)12-5-6-13-11(7-12)4-3-10(2)18-13/h3-8H,1-2H3,(H2,16,17,19). The van der Waals surface area contributed by atoms with Gasteiger partial charge in [-0.2, -0.15) is 0 Å². The third kappa shape index (κ3) is 2.12. The number of aromatic nitrogens is 3. The van der Waals surface area contributed by atoms with Gasteiger partial charge < -0.3 is 5.73 Å². The van der Waals surface area contributed by atoms with Crippen LogP contribution in [0.15, 0.2) is 36.5 Å². The molecule has 0 radical (unpaired) electrons. The fraction of sp³-hybridized carbons (Fsp3) is 0.133. The monoisotopic (exact) mass is 250 g/mol. The van der Waals surface area contributed by atoms with Crippen LogP contribution in [0.25, 0.3) is 22.2 Å². The predicted octanol–water partition coefficient (Wildman–Crippen LogP) is 2.89. The number of fused-ring (bicyclic) bond motifs is 1. The summed E-state index contributed by atoms with van der Waals surface area (Å²) in [6.07, 6.45) is 1.75. The van der Waals surface area contributed by atoms with Crippen LogP contribution in [0, 0.1) is 13.8 Å². The Kier molecular flexibility index (Phi) is 2.63. The molecule has 2 aromatic heterocycles. The van der Waals surface area contributed by atoms with Gasteiger partial charge in [-0.1, -0.05) is 12.1 Å².